The number of rotatable bonds is 7. The van der Waals surface area contributed by atoms with Gasteiger partial charge in [0.2, 0.25) is 5.91 Å². The molecule has 0 spiro atoms. The number of fused-ring (bicyclic) bond motifs is 1. The summed E-state index contributed by atoms with van der Waals surface area (Å²) >= 11 is 12.7. The van der Waals surface area contributed by atoms with Crippen LogP contribution < -0.4 is 5.32 Å². The van der Waals surface area contributed by atoms with Gasteiger partial charge in [0.1, 0.15) is 0 Å². The van der Waals surface area contributed by atoms with Crippen molar-refractivity contribution < 1.29 is 4.79 Å². The minimum absolute atomic E-state index is 0.146. The molecule has 0 fully saturated rings. The van der Waals surface area contributed by atoms with E-state index in [-0.39, 0.29) is 11.7 Å². The predicted molar refractivity (Wildman–Crippen MR) is 129 cm³/mol. The Morgan fingerprint density at radius 2 is 2.20 bits per heavy atom. The van der Waals surface area contributed by atoms with E-state index in [2.05, 4.69) is 43.4 Å². The van der Waals surface area contributed by atoms with Gasteiger partial charge in [0.05, 0.1) is 16.5 Å². The second-order valence-corrected chi connectivity index (χ2v) is 10.2. The fourth-order valence-electron chi connectivity index (χ4n) is 3.48. The van der Waals surface area contributed by atoms with E-state index >= 15 is 0 Å². The van der Waals surface area contributed by atoms with Gasteiger partial charge in [-0.25, -0.2) is 0 Å². The minimum atomic E-state index is -0.146. The molecule has 1 aliphatic carbocycles. The van der Waals surface area contributed by atoms with Gasteiger partial charge in [0.15, 0.2) is 11.0 Å². The van der Waals surface area contributed by atoms with Crippen molar-refractivity contribution in [2.75, 3.05) is 11.1 Å². The van der Waals surface area contributed by atoms with Crippen LogP contribution >= 0.6 is 50.6 Å². The second-order valence-electron chi connectivity index (χ2n) is 6.92. The topological polar surface area (TPSA) is 59.8 Å². The summed E-state index contributed by atoms with van der Waals surface area (Å²) in [5, 5.41) is 15.1. The Balaban J connectivity index is 1.50. The molecule has 4 rings (SSSR count). The number of allylic oxidation sites excluding steroid dienone is 1. The zero-order chi connectivity index (χ0) is 21.1. The summed E-state index contributed by atoms with van der Waals surface area (Å²) in [7, 11) is 0. The summed E-state index contributed by atoms with van der Waals surface area (Å²) in [5.41, 5.74) is 3.16. The van der Waals surface area contributed by atoms with Crippen LogP contribution in [0.4, 0.5) is 5.69 Å². The van der Waals surface area contributed by atoms with E-state index in [1.54, 1.807) is 12.1 Å². The van der Waals surface area contributed by atoms with Crippen LogP contribution in [-0.4, -0.2) is 26.4 Å². The number of nitrogens with zero attached hydrogens (tertiary/aromatic N) is 3. The van der Waals surface area contributed by atoms with E-state index in [4.69, 9.17) is 11.6 Å². The summed E-state index contributed by atoms with van der Waals surface area (Å²) in [6, 6.07) is 5.36. The van der Waals surface area contributed by atoms with Gasteiger partial charge >= 0.3 is 0 Å². The number of hydrogen-bond acceptors (Lipinski definition) is 5. The maximum atomic E-state index is 12.4. The van der Waals surface area contributed by atoms with E-state index in [0.717, 1.165) is 23.1 Å². The maximum absolute atomic E-state index is 12.4. The fourth-order valence-corrected chi connectivity index (χ4v) is 6.07. The molecule has 1 N–H and O–H groups in total. The van der Waals surface area contributed by atoms with Crippen molar-refractivity contribution in [1.82, 2.24) is 14.8 Å². The number of thioether (sulfide) groups is 1. The van der Waals surface area contributed by atoms with Crippen molar-refractivity contribution in [3.63, 3.8) is 0 Å². The van der Waals surface area contributed by atoms with Crippen LogP contribution in [0.1, 0.15) is 23.3 Å². The first-order chi connectivity index (χ1) is 14.6. The predicted octanol–water partition coefficient (Wildman–Crippen LogP) is 6.22. The quantitative estimate of drug-likeness (QED) is 0.295. The highest BCUT2D eigenvalue weighted by molar-refractivity contribution is 9.10. The SMILES string of the molecule is C=CCn1c(SCC(=O)Nc2ccc(Br)cc2Cl)nnc1-c1csc2c1CCCC2. The Labute approximate surface area is 197 Å². The number of thiophene rings is 1. The molecule has 30 heavy (non-hydrogen) atoms. The summed E-state index contributed by atoms with van der Waals surface area (Å²) in [6.07, 6.45) is 6.54. The van der Waals surface area contributed by atoms with Crippen molar-refractivity contribution in [2.24, 2.45) is 0 Å². The Bertz CT molecular complexity index is 1090. The van der Waals surface area contributed by atoms with Crippen LogP contribution in [0.3, 0.4) is 0 Å². The van der Waals surface area contributed by atoms with Crippen molar-refractivity contribution >= 4 is 62.2 Å². The lowest BCUT2D eigenvalue weighted by Gasteiger charge is -2.13. The van der Waals surface area contributed by atoms with E-state index < -0.39 is 0 Å². The van der Waals surface area contributed by atoms with Gasteiger partial charge in [-0.05, 0) is 49.4 Å². The Kier molecular flexibility index (Phi) is 6.98. The van der Waals surface area contributed by atoms with Crippen LogP contribution in [0.5, 0.6) is 0 Å². The highest BCUT2D eigenvalue weighted by Gasteiger charge is 2.22. The van der Waals surface area contributed by atoms with Gasteiger partial charge in [-0.1, -0.05) is 45.4 Å². The molecule has 0 bridgehead atoms. The summed E-state index contributed by atoms with van der Waals surface area (Å²) < 4.78 is 2.90. The molecule has 2 heterocycles. The van der Waals surface area contributed by atoms with Crippen molar-refractivity contribution in [3.05, 3.63) is 56.2 Å². The van der Waals surface area contributed by atoms with Crippen LogP contribution in [0.25, 0.3) is 11.4 Å². The third-order valence-electron chi connectivity index (χ3n) is 4.87. The van der Waals surface area contributed by atoms with Crippen LogP contribution in [0.15, 0.2) is 45.9 Å². The van der Waals surface area contributed by atoms with Gasteiger partial charge in [-0.2, -0.15) is 0 Å². The average Bonchev–Trinajstić information content (AvgIpc) is 3.33. The molecule has 156 valence electrons. The maximum Gasteiger partial charge on any atom is 0.234 e. The summed E-state index contributed by atoms with van der Waals surface area (Å²) in [6.45, 7) is 4.47. The zero-order valence-corrected chi connectivity index (χ0v) is 20.1. The molecule has 0 saturated carbocycles. The van der Waals surface area contributed by atoms with E-state index in [0.29, 0.717) is 22.4 Å². The first-order valence-corrected chi connectivity index (χ1v) is 12.6. The Hall–Kier alpha value is -1.61. The number of halogens is 2. The molecule has 2 aromatic heterocycles. The smallest absolute Gasteiger partial charge is 0.234 e. The lowest BCUT2D eigenvalue weighted by Crippen LogP contribution is -2.15. The lowest BCUT2D eigenvalue weighted by molar-refractivity contribution is -0.113. The van der Waals surface area contributed by atoms with Crippen LogP contribution in [0, 0.1) is 0 Å². The number of aromatic nitrogens is 3. The fraction of sp³-hybridized carbons (Fsp3) is 0.286. The average molecular weight is 524 g/mol. The molecule has 3 aromatic rings. The Morgan fingerprint density at radius 3 is 3.00 bits per heavy atom. The largest absolute Gasteiger partial charge is 0.324 e. The Morgan fingerprint density at radius 1 is 1.37 bits per heavy atom. The first-order valence-electron chi connectivity index (χ1n) is 9.58. The molecule has 1 amide bonds. The third kappa shape index (κ3) is 4.66. The van der Waals surface area contributed by atoms with Crippen molar-refractivity contribution in [3.8, 4) is 11.4 Å². The number of benzene rings is 1. The summed E-state index contributed by atoms with van der Waals surface area (Å²) in [4.78, 5) is 13.9. The number of aryl methyl sites for hydroxylation is 1. The van der Waals surface area contributed by atoms with Crippen LogP contribution in [-0.2, 0) is 24.2 Å². The number of carbonyl (C=O) groups is 1. The minimum Gasteiger partial charge on any atom is -0.324 e. The van der Waals surface area contributed by atoms with Gasteiger partial charge in [0, 0.05) is 26.8 Å². The normalized spacial score (nSPS) is 13.1. The molecule has 1 aromatic carbocycles. The highest BCUT2D eigenvalue weighted by atomic mass is 79.9. The first kappa shape index (κ1) is 21.6. The number of amides is 1. The van der Waals surface area contributed by atoms with Crippen LogP contribution in [0.2, 0.25) is 5.02 Å². The molecule has 0 unspecified atom stereocenters. The molecular weight excluding hydrogens is 504 g/mol. The number of nitrogens with one attached hydrogen (secondary N) is 1. The third-order valence-corrected chi connectivity index (χ3v) is 7.73. The van der Waals surface area contributed by atoms with E-state index in [1.807, 2.05) is 28.0 Å². The number of hydrogen-bond donors (Lipinski definition) is 1. The lowest BCUT2D eigenvalue weighted by atomic mass is 9.95. The van der Waals surface area contributed by atoms with Gasteiger partial charge in [-0.3, -0.25) is 9.36 Å². The van der Waals surface area contributed by atoms with Gasteiger partial charge in [-0.15, -0.1) is 28.1 Å². The van der Waals surface area contributed by atoms with Gasteiger partial charge < -0.3 is 5.32 Å². The molecule has 9 heteroatoms. The molecular formula is C21H20BrClN4OS2. The van der Waals surface area contributed by atoms with Crippen molar-refractivity contribution in [1.29, 1.82) is 0 Å². The molecule has 0 saturated heterocycles. The second kappa shape index (κ2) is 9.68. The molecule has 5 nitrogen and oxygen atoms in total. The summed E-state index contributed by atoms with van der Waals surface area (Å²) in [5.74, 6) is 0.920. The zero-order valence-electron chi connectivity index (χ0n) is 16.2. The van der Waals surface area contributed by atoms with Crippen molar-refractivity contribution in [2.45, 2.75) is 37.4 Å². The molecule has 1 aliphatic rings. The van der Waals surface area contributed by atoms with E-state index in [1.165, 1.54) is 40.6 Å². The van der Waals surface area contributed by atoms with E-state index in [9.17, 15) is 4.79 Å². The highest BCUT2D eigenvalue weighted by Crippen LogP contribution is 2.37. The molecule has 0 atom stereocenters. The number of anilines is 1. The number of carbonyl (C=O) groups excluding carboxylic acids is 1. The monoisotopic (exact) mass is 522 g/mol. The van der Waals surface area contributed by atoms with Gasteiger partial charge in [0.25, 0.3) is 0 Å². The molecule has 0 radical (unpaired) electrons. The molecule has 0 aliphatic heterocycles. The standard InChI is InChI=1S/C21H20BrClN4OS2/c1-2-9-27-20(15-11-29-18-6-4-3-5-14(15)18)25-26-21(27)30-12-19(28)24-17-8-7-13(22)10-16(17)23/h2,7-8,10-11H,1,3-6,9,12H2,(H,24,28).